The number of hydrogen-bond donors (Lipinski definition) is 1. The van der Waals surface area contributed by atoms with Crippen LogP contribution >= 0.6 is 11.3 Å². The fraction of sp³-hybridized carbons (Fsp3) is 0.412. The average molecular weight is 317 g/mol. The second-order valence-electron chi connectivity index (χ2n) is 5.75. The number of thiazole rings is 1. The molecular formula is C17H23N3OS. The second kappa shape index (κ2) is 7.40. The third-order valence-electron chi connectivity index (χ3n) is 3.44. The Bertz CT molecular complexity index is 619. The van der Waals surface area contributed by atoms with E-state index in [0.29, 0.717) is 0 Å². The summed E-state index contributed by atoms with van der Waals surface area (Å²) in [6, 6.07) is 8.73. The van der Waals surface area contributed by atoms with Gasteiger partial charge in [0.15, 0.2) is 5.13 Å². The number of hydrogen-bond acceptors (Lipinski definition) is 4. The Morgan fingerprint density at radius 2 is 2.00 bits per heavy atom. The molecule has 0 saturated carbocycles. The summed E-state index contributed by atoms with van der Waals surface area (Å²) in [5.74, 6) is 0.0306. The van der Waals surface area contributed by atoms with Crippen LogP contribution in [0.15, 0.2) is 29.6 Å². The van der Waals surface area contributed by atoms with E-state index in [0.717, 1.165) is 29.2 Å². The fourth-order valence-electron chi connectivity index (χ4n) is 2.25. The molecule has 0 aliphatic rings. The van der Waals surface area contributed by atoms with E-state index in [1.807, 2.05) is 25.9 Å². The number of nitrogens with one attached hydrogen (secondary N) is 1. The zero-order valence-electron chi connectivity index (χ0n) is 13.6. The Hall–Kier alpha value is -1.88. The largest absolute Gasteiger partial charge is 0.354 e. The topological polar surface area (TPSA) is 45.2 Å². The lowest BCUT2D eigenvalue weighted by Crippen LogP contribution is -2.30. The van der Waals surface area contributed by atoms with E-state index in [9.17, 15) is 4.79 Å². The third kappa shape index (κ3) is 4.56. The number of carbonyl (C=O) groups is 1. The standard InChI is InChI=1S/C17H23N3OS/c1-12(18-13(2)21)5-6-14-7-9-15(10-8-14)16-11-22-17(19-16)20(3)4/h7-12H,5-6H2,1-4H3,(H,18,21)/t12-/m1/s1. The zero-order chi connectivity index (χ0) is 16.1. The van der Waals surface area contributed by atoms with Gasteiger partial charge in [-0.2, -0.15) is 0 Å². The van der Waals surface area contributed by atoms with Gasteiger partial charge in [0.2, 0.25) is 5.91 Å². The average Bonchev–Trinajstić information content (AvgIpc) is 2.95. The number of aryl methyl sites for hydroxylation is 1. The number of amides is 1. The number of rotatable bonds is 6. The molecule has 0 radical (unpaired) electrons. The molecule has 2 rings (SSSR count). The van der Waals surface area contributed by atoms with E-state index in [1.54, 1.807) is 18.3 Å². The number of benzene rings is 1. The van der Waals surface area contributed by atoms with E-state index >= 15 is 0 Å². The SMILES string of the molecule is CC(=O)N[C@H](C)CCc1ccc(-c2csc(N(C)C)n2)cc1. The van der Waals surface area contributed by atoms with E-state index in [1.165, 1.54) is 5.56 Å². The number of anilines is 1. The summed E-state index contributed by atoms with van der Waals surface area (Å²) in [6.07, 6.45) is 1.90. The molecule has 1 N–H and O–H groups in total. The first kappa shape index (κ1) is 16.5. The molecule has 4 nitrogen and oxygen atoms in total. The summed E-state index contributed by atoms with van der Waals surface area (Å²) in [7, 11) is 4.00. The molecule has 1 heterocycles. The van der Waals surface area contributed by atoms with Crippen molar-refractivity contribution >= 4 is 22.4 Å². The van der Waals surface area contributed by atoms with Gasteiger partial charge in [-0.05, 0) is 25.3 Å². The lowest BCUT2D eigenvalue weighted by Gasteiger charge is -2.12. The minimum absolute atomic E-state index is 0.0306. The van der Waals surface area contributed by atoms with E-state index in [2.05, 4.69) is 39.9 Å². The maximum absolute atomic E-state index is 11.0. The number of nitrogens with zero attached hydrogens (tertiary/aromatic N) is 2. The Balaban J connectivity index is 1.96. The van der Waals surface area contributed by atoms with Crippen molar-refractivity contribution in [2.75, 3.05) is 19.0 Å². The Kier molecular flexibility index (Phi) is 5.55. The summed E-state index contributed by atoms with van der Waals surface area (Å²) in [5, 5.41) is 6.01. The van der Waals surface area contributed by atoms with Gasteiger partial charge in [0.1, 0.15) is 0 Å². The molecule has 2 aromatic rings. The van der Waals surface area contributed by atoms with Gasteiger partial charge in [-0.1, -0.05) is 24.3 Å². The minimum atomic E-state index is 0.0306. The molecule has 0 saturated heterocycles. The van der Waals surface area contributed by atoms with Gasteiger partial charge in [0, 0.05) is 38.0 Å². The van der Waals surface area contributed by atoms with Crippen LogP contribution in [-0.2, 0) is 11.2 Å². The van der Waals surface area contributed by atoms with Gasteiger partial charge < -0.3 is 10.2 Å². The summed E-state index contributed by atoms with van der Waals surface area (Å²) in [4.78, 5) is 17.6. The second-order valence-corrected chi connectivity index (χ2v) is 6.58. The first-order valence-electron chi connectivity index (χ1n) is 7.45. The molecule has 0 aliphatic heterocycles. The highest BCUT2D eigenvalue weighted by Gasteiger charge is 2.07. The summed E-state index contributed by atoms with van der Waals surface area (Å²) in [5.41, 5.74) is 3.44. The summed E-state index contributed by atoms with van der Waals surface area (Å²) < 4.78 is 0. The van der Waals surface area contributed by atoms with Crippen LogP contribution in [0.25, 0.3) is 11.3 Å². The highest BCUT2D eigenvalue weighted by molar-refractivity contribution is 7.14. The quantitative estimate of drug-likeness (QED) is 0.889. The molecule has 22 heavy (non-hydrogen) atoms. The van der Waals surface area contributed by atoms with E-state index in [4.69, 9.17) is 0 Å². The summed E-state index contributed by atoms with van der Waals surface area (Å²) in [6.45, 7) is 3.59. The fourth-order valence-corrected chi connectivity index (χ4v) is 3.01. The van der Waals surface area contributed by atoms with Crippen LogP contribution in [-0.4, -0.2) is 31.0 Å². The van der Waals surface area contributed by atoms with Crippen LogP contribution in [0.1, 0.15) is 25.8 Å². The van der Waals surface area contributed by atoms with Crippen LogP contribution in [0.5, 0.6) is 0 Å². The highest BCUT2D eigenvalue weighted by atomic mass is 32.1. The molecule has 0 bridgehead atoms. The molecule has 0 aliphatic carbocycles. The smallest absolute Gasteiger partial charge is 0.217 e. The first-order valence-corrected chi connectivity index (χ1v) is 8.33. The molecule has 0 unspecified atom stereocenters. The molecule has 1 atom stereocenters. The van der Waals surface area contributed by atoms with Crippen molar-refractivity contribution in [1.82, 2.24) is 10.3 Å². The predicted molar refractivity (Wildman–Crippen MR) is 93.5 cm³/mol. The molecule has 1 aromatic carbocycles. The van der Waals surface area contributed by atoms with Gasteiger partial charge in [-0.15, -0.1) is 11.3 Å². The third-order valence-corrected chi connectivity index (χ3v) is 4.45. The summed E-state index contributed by atoms with van der Waals surface area (Å²) >= 11 is 1.65. The van der Waals surface area contributed by atoms with Gasteiger partial charge in [0.05, 0.1) is 5.69 Å². The predicted octanol–water partition coefficient (Wildman–Crippen LogP) is 3.33. The van der Waals surface area contributed by atoms with Crippen molar-refractivity contribution in [1.29, 1.82) is 0 Å². The number of aromatic nitrogens is 1. The molecule has 5 heteroatoms. The van der Waals surface area contributed by atoms with Gasteiger partial charge in [-0.3, -0.25) is 4.79 Å². The molecule has 0 fully saturated rings. The minimum Gasteiger partial charge on any atom is -0.354 e. The molecule has 1 aromatic heterocycles. The van der Waals surface area contributed by atoms with Crippen LogP contribution < -0.4 is 10.2 Å². The van der Waals surface area contributed by atoms with Crippen molar-refractivity contribution in [2.24, 2.45) is 0 Å². The molecule has 0 spiro atoms. The normalized spacial score (nSPS) is 12.0. The van der Waals surface area contributed by atoms with Crippen molar-refractivity contribution in [2.45, 2.75) is 32.7 Å². The number of carbonyl (C=O) groups excluding carboxylic acids is 1. The lowest BCUT2D eigenvalue weighted by atomic mass is 10.0. The Morgan fingerprint density at radius 1 is 1.32 bits per heavy atom. The van der Waals surface area contributed by atoms with Crippen LogP contribution in [0.2, 0.25) is 0 Å². The van der Waals surface area contributed by atoms with Crippen LogP contribution in [0.3, 0.4) is 0 Å². The van der Waals surface area contributed by atoms with Crippen LogP contribution in [0.4, 0.5) is 5.13 Å². The van der Waals surface area contributed by atoms with Crippen molar-refractivity contribution in [3.63, 3.8) is 0 Å². The van der Waals surface area contributed by atoms with Crippen molar-refractivity contribution < 1.29 is 4.79 Å². The lowest BCUT2D eigenvalue weighted by molar-refractivity contribution is -0.119. The van der Waals surface area contributed by atoms with Gasteiger partial charge in [0.25, 0.3) is 0 Å². The highest BCUT2D eigenvalue weighted by Crippen LogP contribution is 2.26. The van der Waals surface area contributed by atoms with Crippen molar-refractivity contribution in [3.05, 3.63) is 35.2 Å². The maximum Gasteiger partial charge on any atom is 0.217 e. The molecular weight excluding hydrogens is 294 g/mol. The molecule has 118 valence electrons. The zero-order valence-corrected chi connectivity index (χ0v) is 14.4. The van der Waals surface area contributed by atoms with Gasteiger partial charge in [-0.25, -0.2) is 4.98 Å². The maximum atomic E-state index is 11.0. The first-order chi connectivity index (χ1) is 10.5. The molecule has 1 amide bonds. The Labute approximate surface area is 136 Å². The van der Waals surface area contributed by atoms with Crippen LogP contribution in [0, 0.1) is 0 Å². The van der Waals surface area contributed by atoms with Crippen molar-refractivity contribution in [3.8, 4) is 11.3 Å². The van der Waals surface area contributed by atoms with E-state index < -0.39 is 0 Å². The Morgan fingerprint density at radius 3 is 2.55 bits per heavy atom. The monoisotopic (exact) mass is 317 g/mol. The van der Waals surface area contributed by atoms with Gasteiger partial charge >= 0.3 is 0 Å². The van der Waals surface area contributed by atoms with E-state index in [-0.39, 0.29) is 11.9 Å².